The van der Waals surface area contributed by atoms with Crippen molar-refractivity contribution in [2.75, 3.05) is 0 Å². The highest BCUT2D eigenvalue weighted by molar-refractivity contribution is 5.92. The topological polar surface area (TPSA) is 75.6 Å². The number of rotatable bonds is 5. The van der Waals surface area contributed by atoms with E-state index in [-0.39, 0.29) is 17.4 Å². The number of amides is 1. The predicted octanol–water partition coefficient (Wildman–Crippen LogP) is 1.96. The molecule has 0 aliphatic carbocycles. The van der Waals surface area contributed by atoms with Gasteiger partial charge in [-0.15, -0.1) is 0 Å². The summed E-state index contributed by atoms with van der Waals surface area (Å²) in [6.45, 7) is 1.89. The molecule has 2 N–H and O–H groups in total. The van der Waals surface area contributed by atoms with Crippen LogP contribution in [0.5, 0.6) is 0 Å². The number of aromatic amines is 1. The van der Waals surface area contributed by atoms with Gasteiger partial charge in [-0.1, -0.05) is 6.92 Å². The first-order chi connectivity index (χ1) is 9.52. The number of hydrogen-bond acceptors (Lipinski definition) is 3. The number of nitrogens with zero attached hydrogens (tertiary/aromatic N) is 3. The van der Waals surface area contributed by atoms with Crippen molar-refractivity contribution in [2.24, 2.45) is 7.05 Å². The number of alkyl halides is 2. The average Bonchev–Trinajstić information content (AvgIpc) is 3.04. The zero-order valence-electron chi connectivity index (χ0n) is 11.1. The van der Waals surface area contributed by atoms with Gasteiger partial charge in [-0.2, -0.15) is 5.10 Å². The molecule has 2 heterocycles. The summed E-state index contributed by atoms with van der Waals surface area (Å²) in [5, 5.41) is 6.51. The Morgan fingerprint density at radius 1 is 1.55 bits per heavy atom. The van der Waals surface area contributed by atoms with E-state index in [1.165, 1.54) is 7.05 Å². The van der Waals surface area contributed by atoms with Crippen molar-refractivity contribution in [2.45, 2.75) is 25.8 Å². The lowest BCUT2D eigenvalue weighted by Gasteiger charge is -2.13. The number of nitrogens with one attached hydrogen (secondary N) is 2. The number of hydrogen-bond donors (Lipinski definition) is 2. The highest BCUT2D eigenvalue weighted by Gasteiger charge is 2.21. The molecule has 8 heteroatoms. The van der Waals surface area contributed by atoms with Gasteiger partial charge < -0.3 is 10.3 Å². The SMILES string of the molecule is CCC(NC(=O)c1cc(C(F)F)n(C)n1)c1ncc[nH]1. The summed E-state index contributed by atoms with van der Waals surface area (Å²) in [5.41, 5.74) is -0.325. The van der Waals surface area contributed by atoms with Crippen LogP contribution < -0.4 is 5.32 Å². The molecule has 1 atom stereocenters. The highest BCUT2D eigenvalue weighted by Crippen LogP contribution is 2.19. The minimum Gasteiger partial charge on any atom is -0.347 e. The standard InChI is InChI=1S/C12H15F2N5O/c1-3-7(11-15-4-5-16-11)17-12(20)8-6-9(10(13)14)19(2)18-8/h4-7,10H,3H2,1-2H3,(H,15,16)(H,17,20). The monoisotopic (exact) mass is 283 g/mol. The lowest BCUT2D eigenvalue weighted by Crippen LogP contribution is -2.29. The minimum absolute atomic E-state index is 0.0344. The molecule has 20 heavy (non-hydrogen) atoms. The lowest BCUT2D eigenvalue weighted by atomic mass is 10.2. The first-order valence-corrected chi connectivity index (χ1v) is 6.15. The van der Waals surface area contributed by atoms with Crippen LogP contribution in [0.15, 0.2) is 18.5 Å². The Morgan fingerprint density at radius 2 is 2.30 bits per heavy atom. The van der Waals surface area contributed by atoms with Crippen LogP contribution in [0.2, 0.25) is 0 Å². The smallest absolute Gasteiger partial charge is 0.280 e. The molecule has 1 unspecified atom stereocenters. The van der Waals surface area contributed by atoms with Gasteiger partial charge in [0.15, 0.2) is 5.69 Å². The number of halogens is 2. The maximum Gasteiger partial charge on any atom is 0.280 e. The molecule has 0 saturated carbocycles. The molecule has 0 fully saturated rings. The molecule has 2 rings (SSSR count). The van der Waals surface area contributed by atoms with Crippen molar-refractivity contribution in [3.63, 3.8) is 0 Å². The zero-order chi connectivity index (χ0) is 14.7. The van der Waals surface area contributed by atoms with Gasteiger partial charge in [-0.25, -0.2) is 13.8 Å². The average molecular weight is 283 g/mol. The van der Waals surface area contributed by atoms with Crippen molar-refractivity contribution in [3.05, 3.63) is 35.7 Å². The van der Waals surface area contributed by atoms with Crippen LogP contribution in [-0.2, 0) is 7.05 Å². The van der Waals surface area contributed by atoms with Crippen LogP contribution in [-0.4, -0.2) is 25.7 Å². The maximum atomic E-state index is 12.6. The van der Waals surface area contributed by atoms with Gasteiger partial charge in [-0.05, 0) is 12.5 Å². The summed E-state index contributed by atoms with van der Waals surface area (Å²) in [5.74, 6) is 0.113. The molecule has 0 aliphatic rings. The van der Waals surface area contributed by atoms with Crippen LogP contribution in [0, 0.1) is 0 Å². The summed E-state index contributed by atoms with van der Waals surface area (Å²) in [6.07, 6.45) is 1.19. The zero-order valence-corrected chi connectivity index (χ0v) is 11.1. The van der Waals surface area contributed by atoms with Crippen LogP contribution in [0.4, 0.5) is 8.78 Å². The van der Waals surface area contributed by atoms with Crippen molar-refractivity contribution in [3.8, 4) is 0 Å². The molecular weight excluding hydrogens is 268 g/mol. The van der Waals surface area contributed by atoms with E-state index in [1.54, 1.807) is 12.4 Å². The molecule has 0 aliphatic heterocycles. The molecule has 2 aromatic rings. The van der Waals surface area contributed by atoms with Gasteiger partial charge >= 0.3 is 0 Å². The number of aryl methyl sites for hydroxylation is 1. The normalized spacial score (nSPS) is 12.7. The second kappa shape index (κ2) is 5.81. The Morgan fingerprint density at radius 3 is 2.80 bits per heavy atom. The van der Waals surface area contributed by atoms with Crippen molar-refractivity contribution in [1.29, 1.82) is 0 Å². The molecule has 0 bridgehead atoms. The first-order valence-electron chi connectivity index (χ1n) is 6.15. The summed E-state index contributed by atoms with van der Waals surface area (Å²) in [6, 6.07) is 0.781. The summed E-state index contributed by atoms with van der Waals surface area (Å²) >= 11 is 0. The van der Waals surface area contributed by atoms with Gasteiger partial charge in [0, 0.05) is 19.4 Å². The summed E-state index contributed by atoms with van der Waals surface area (Å²) in [7, 11) is 1.38. The third kappa shape index (κ3) is 2.84. The van der Waals surface area contributed by atoms with Gasteiger partial charge in [-0.3, -0.25) is 9.48 Å². The number of H-pyrrole nitrogens is 1. The molecule has 2 aromatic heterocycles. The Kier molecular flexibility index (Phi) is 4.11. The van der Waals surface area contributed by atoms with Crippen molar-refractivity contribution >= 4 is 5.91 Å². The quantitative estimate of drug-likeness (QED) is 0.880. The molecule has 6 nitrogen and oxygen atoms in total. The Bertz CT molecular complexity index is 579. The molecule has 0 spiro atoms. The largest absolute Gasteiger partial charge is 0.347 e. The third-order valence-corrected chi connectivity index (χ3v) is 2.94. The van der Waals surface area contributed by atoms with Gasteiger partial charge in [0.1, 0.15) is 11.5 Å². The fourth-order valence-electron chi connectivity index (χ4n) is 1.86. The molecular formula is C12H15F2N5O. The Labute approximate surface area is 114 Å². The molecule has 0 saturated heterocycles. The van der Waals surface area contributed by atoms with Gasteiger partial charge in [0.05, 0.1) is 6.04 Å². The fourth-order valence-corrected chi connectivity index (χ4v) is 1.86. The van der Waals surface area contributed by atoms with E-state index in [1.807, 2.05) is 6.92 Å². The van der Waals surface area contributed by atoms with E-state index in [2.05, 4.69) is 20.4 Å². The number of carbonyl (C=O) groups excluding carboxylic acids is 1. The lowest BCUT2D eigenvalue weighted by molar-refractivity contribution is 0.0928. The molecule has 108 valence electrons. The van der Waals surface area contributed by atoms with Gasteiger partial charge in [0.2, 0.25) is 0 Å². The van der Waals surface area contributed by atoms with Crippen molar-refractivity contribution in [1.82, 2.24) is 25.1 Å². The van der Waals surface area contributed by atoms with E-state index in [0.717, 1.165) is 10.7 Å². The van der Waals surface area contributed by atoms with Crippen LogP contribution in [0.25, 0.3) is 0 Å². The third-order valence-electron chi connectivity index (χ3n) is 2.94. The molecule has 1 amide bonds. The number of carbonyl (C=O) groups is 1. The molecule has 0 radical (unpaired) electrons. The Balaban J connectivity index is 2.13. The minimum atomic E-state index is -2.67. The predicted molar refractivity (Wildman–Crippen MR) is 67.3 cm³/mol. The molecule has 0 aromatic carbocycles. The fraction of sp³-hybridized carbons (Fsp3) is 0.417. The van der Waals surface area contributed by atoms with Crippen molar-refractivity contribution < 1.29 is 13.6 Å². The summed E-state index contributed by atoms with van der Waals surface area (Å²) < 4.78 is 26.3. The number of imidazole rings is 1. The van der Waals surface area contributed by atoms with E-state index >= 15 is 0 Å². The second-order valence-corrected chi connectivity index (χ2v) is 4.29. The maximum absolute atomic E-state index is 12.6. The Hall–Kier alpha value is -2.25. The van der Waals surface area contributed by atoms with Crippen LogP contribution in [0.3, 0.4) is 0 Å². The van der Waals surface area contributed by atoms with E-state index < -0.39 is 12.3 Å². The number of aromatic nitrogens is 4. The van der Waals surface area contributed by atoms with Crippen LogP contribution >= 0.6 is 0 Å². The van der Waals surface area contributed by atoms with Crippen LogP contribution in [0.1, 0.15) is 47.8 Å². The first kappa shape index (κ1) is 14.2. The van der Waals surface area contributed by atoms with E-state index in [0.29, 0.717) is 12.2 Å². The van der Waals surface area contributed by atoms with Gasteiger partial charge in [0.25, 0.3) is 12.3 Å². The summed E-state index contributed by atoms with van der Waals surface area (Å²) in [4.78, 5) is 19.0. The van der Waals surface area contributed by atoms with E-state index in [4.69, 9.17) is 0 Å². The highest BCUT2D eigenvalue weighted by atomic mass is 19.3. The second-order valence-electron chi connectivity index (χ2n) is 4.29. The van der Waals surface area contributed by atoms with E-state index in [9.17, 15) is 13.6 Å².